The van der Waals surface area contributed by atoms with Crippen LogP contribution in [0.25, 0.3) is 11.6 Å². The van der Waals surface area contributed by atoms with Gasteiger partial charge in [0.15, 0.2) is 11.6 Å². The minimum Gasteiger partial charge on any atom is -0.419 e. The number of carbonyl (C=O) groups is 1. The van der Waals surface area contributed by atoms with Gasteiger partial charge in [-0.3, -0.25) is 9.78 Å². The summed E-state index contributed by atoms with van der Waals surface area (Å²) in [6.45, 7) is 0.961. The average molecular weight is 494 g/mol. The van der Waals surface area contributed by atoms with Crippen molar-refractivity contribution in [2.24, 2.45) is 5.92 Å². The molecule has 1 fully saturated rings. The van der Waals surface area contributed by atoms with Crippen LogP contribution in [0, 0.1) is 5.92 Å². The summed E-state index contributed by atoms with van der Waals surface area (Å²) in [6, 6.07) is 12.2. The standard InChI is InChI=1S/C25H21F3N6O2/c26-25(27,28)19-6-2-1-5-18(19)23(35)17-9-12-34(13-10-17)21-8-7-20(30-31-21)24-33-32-22(36-24)14-16-4-3-11-29-15-16/h1-8,11,15,17H,9-10,12-14H2. The van der Waals surface area contributed by atoms with E-state index in [0.29, 0.717) is 49.8 Å². The fourth-order valence-electron chi connectivity index (χ4n) is 4.25. The maximum atomic E-state index is 13.3. The van der Waals surface area contributed by atoms with Gasteiger partial charge in [-0.25, -0.2) is 0 Å². The number of nitrogens with zero attached hydrogens (tertiary/aromatic N) is 6. The molecule has 184 valence electrons. The van der Waals surface area contributed by atoms with Crippen LogP contribution in [0.4, 0.5) is 19.0 Å². The number of hydrogen-bond donors (Lipinski definition) is 0. The van der Waals surface area contributed by atoms with Gasteiger partial charge in [0.1, 0.15) is 5.69 Å². The van der Waals surface area contributed by atoms with E-state index in [0.717, 1.165) is 11.6 Å². The van der Waals surface area contributed by atoms with Crippen LogP contribution in [-0.4, -0.2) is 44.3 Å². The zero-order chi connectivity index (χ0) is 25.1. The predicted molar refractivity (Wildman–Crippen MR) is 123 cm³/mol. The molecule has 0 spiro atoms. The van der Waals surface area contributed by atoms with Gasteiger partial charge in [-0.05, 0) is 42.7 Å². The van der Waals surface area contributed by atoms with Gasteiger partial charge in [-0.2, -0.15) is 13.2 Å². The number of aromatic nitrogens is 5. The molecule has 3 aromatic heterocycles. The van der Waals surface area contributed by atoms with Gasteiger partial charge >= 0.3 is 6.18 Å². The monoisotopic (exact) mass is 494 g/mol. The second-order valence-electron chi connectivity index (χ2n) is 8.48. The van der Waals surface area contributed by atoms with Gasteiger partial charge in [0.25, 0.3) is 5.89 Å². The molecule has 1 aromatic carbocycles. The van der Waals surface area contributed by atoms with Gasteiger partial charge in [0.2, 0.25) is 5.89 Å². The Morgan fingerprint density at radius 3 is 2.47 bits per heavy atom. The Morgan fingerprint density at radius 2 is 1.78 bits per heavy atom. The van der Waals surface area contributed by atoms with Crippen molar-refractivity contribution in [3.05, 3.63) is 83.5 Å². The third-order valence-electron chi connectivity index (χ3n) is 6.10. The molecule has 4 aromatic rings. The van der Waals surface area contributed by atoms with Crippen molar-refractivity contribution < 1.29 is 22.4 Å². The predicted octanol–water partition coefficient (Wildman–Crippen LogP) is 4.63. The van der Waals surface area contributed by atoms with Crippen LogP contribution in [0.2, 0.25) is 0 Å². The molecule has 0 N–H and O–H groups in total. The smallest absolute Gasteiger partial charge is 0.417 e. The Morgan fingerprint density at radius 1 is 0.972 bits per heavy atom. The Kier molecular flexibility index (Phi) is 6.45. The van der Waals surface area contributed by atoms with Crippen LogP contribution in [-0.2, 0) is 12.6 Å². The van der Waals surface area contributed by atoms with Crippen molar-refractivity contribution in [2.75, 3.05) is 18.0 Å². The molecule has 4 heterocycles. The lowest BCUT2D eigenvalue weighted by molar-refractivity contribution is -0.137. The number of piperidine rings is 1. The van der Waals surface area contributed by atoms with E-state index in [-0.39, 0.29) is 11.5 Å². The van der Waals surface area contributed by atoms with E-state index in [2.05, 4.69) is 25.4 Å². The third-order valence-corrected chi connectivity index (χ3v) is 6.10. The van der Waals surface area contributed by atoms with Crippen LogP contribution in [0.15, 0.2) is 65.3 Å². The number of anilines is 1. The summed E-state index contributed by atoms with van der Waals surface area (Å²) < 4.78 is 45.7. The van der Waals surface area contributed by atoms with Crippen molar-refractivity contribution in [3.8, 4) is 11.6 Å². The molecular formula is C25H21F3N6O2. The first kappa shape index (κ1) is 23.6. The molecule has 0 amide bonds. The molecule has 0 atom stereocenters. The second kappa shape index (κ2) is 9.84. The summed E-state index contributed by atoms with van der Waals surface area (Å²) in [5.74, 6) is 0.342. The summed E-state index contributed by atoms with van der Waals surface area (Å²) in [4.78, 5) is 18.9. The van der Waals surface area contributed by atoms with Crippen LogP contribution >= 0.6 is 0 Å². The van der Waals surface area contributed by atoms with E-state index in [9.17, 15) is 18.0 Å². The van der Waals surface area contributed by atoms with E-state index < -0.39 is 23.4 Å². The van der Waals surface area contributed by atoms with Gasteiger partial charge in [-0.1, -0.05) is 24.3 Å². The highest BCUT2D eigenvalue weighted by Crippen LogP contribution is 2.34. The van der Waals surface area contributed by atoms with Crippen molar-refractivity contribution >= 4 is 11.6 Å². The Bertz CT molecular complexity index is 1330. The van der Waals surface area contributed by atoms with Gasteiger partial charge < -0.3 is 9.32 Å². The van der Waals surface area contributed by atoms with E-state index in [1.165, 1.54) is 18.2 Å². The quantitative estimate of drug-likeness (QED) is 0.358. The van der Waals surface area contributed by atoms with Crippen molar-refractivity contribution in [3.63, 3.8) is 0 Å². The number of alkyl halides is 3. The number of ketones is 1. The lowest BCUT2D eigenvalue weighted by Gasteiger charge is -2.32. The van der Waals surface area contributed by atoms with Gasteiger partial charge in [-0.15, -0.1) is 20.4 Å². The molecule has 0 saturated carbocycles. The molecular weight excluding hydrogens is 473 g/mol. The number of hydrogen-bond acceptors (Lipinski definition) is 8. The first-order chi connectivity index (χ1) is 17.4. The lowest BCUT2D eigenvalue weighted by atomic mass is 9.87. The molecule has 1 saturated heterocycles. The van der Waals surface area contributed by atoms with Crippen LogP contribution in [0.5, 0.6) is 0 Å². The van der Waals surface area contributed by atoms with Crippen molar-refractivity contribution in [1.29, 1.82) is 0 Å². The first-order valence-corrected chi connectivity index (χ1v) is 11.4. The molecule has 1 aliphatic heterocycles. The Labute approximate surface area is 204 Å². The number of pyridine rings is 1. The highest BCUT2D eigenvalue weighted by molar-refractivity contribution is 5.99. The van der Waals surface area contributed by atoms with E-state index in [1.807, 2.05) is 17.0 Å². The van der Waals surface area contributed by atoms with Gasteiger partial charge in [0, 0.05) is 37.0 Å². The molecule has 5 rings (SSSR count). The molecule has 0 aliphatic carbocycles. The number of benzene rings is 1. The zero-order valence-electron chi connectivity index (χ0n) is 19.0. The topological polar surface area (TPSA) is 97.9 Å². The SMILES string of the molecule is O=C(c1ccccc1C(F)(F)F)C1CCN(c2ccc(-c3nnc(Cc4cccnc4)o3)nn2)CC1. The molecule has 0 bridgehead atoms. The average Bonchev–Trinajstić information content (AvgIpc) is 3.37. The van der Waals surface area contributed by atoms with Crippen molar-refractivity contribution in [1.82, 2.24) is 25.4 Å². The summed E-state index contributed by atoms with van der Waals surface area (Å²) in [7, 11) is 0. The molecule has 36 heavy (non-hydrogen) atoms. The number of carbonyl (C=O) groups excluding carboxylic acids is 1. The van der Waals surface area contributed by atoms with Crippen LogP contribution < -0.4 is 4.90 Å². The third kappa shape index (κ3) is 5.09. The van der Waals surface area contributed by atoms with Crippen molar-refractivity contribution in [2.45, 2.75) is 25.4 Å². The molecule has 8 nitrogen and oxygen atoms in total. The zero-order valence-corrected chi connectivity index (χ0v) is 19.0. The highest BCUT2D eigenvalue weighted by Gasteiger charge is 2.37. The number of rotatable bonds is 6. The summed E-state index contributed by atoms with van der Waals surface area (Å²) >= 11 is 0. The van der Waals surface area contributed by atoms with Gasteiger partial charge in [0.05, 0.1) is 12.0 Å². The summed E-state index contributed by atoms with van der Waals surface area (Å²) in [5, 5.41) is 16.5. The van der Waals surface area contributed by atoms with E-state index in [4.69, 9.17) is 4.42 Å². The second-order valence-corrected chi connectivity index (χ2v) is 8.48. The largest absolute Gasteiger partial charge is 0.419 e. The maximum absolute atomic E-state index is 13.3. The van der Waals surface area contributed by atoms with E-state index in [1.54, 1.807) is 24.5 Å². The molecule has 0 unspecified atom stereocenters. The van der Waals surface area contributed by atoms with Crippen LogP contribution in [0.1, 0.15) is 40.2 Å². The fraction of sp³-hybridized carbons (Fsp3) is 0.280. The molecule has 0 radical (unpaired) electrons. The Hall–Kier alpha value is -4.15. The highest BCUT2D eigenvalue weighted by atomic mass is 19.4. The summed E-state index contributed by atoms with van der Waals surface area (Å²) in [5.41, 5.74) is 0.217. The minimum atomic E-state index is -4.57. The maximum Gasteiger partial charge on any atom is 0.417 e. The first-order valence-electron chi connectivity index (χ1n) is 11.4. The molecule has 1 aliphatic rings. The normalized spacial score (nSPS) is 14.7. The summed E-state index contributed by atoms with van der Waals surface area (Å²) in [6.07, 6.45) is 0.152. The fourth-order valence-corrected chi connectivity index (χ4v) is 4.25. The number of halogens is 3. The van der Waals surface area contributed by atoms with E-state index >= 15 is 0 Å². The minimum absolute atomic E-state index is 0.251. The number of Topliss-reactive ketones (excluding diaryl/α,β-unsaturated/α-hetero) is 1. The molecule has 11 heteroatoms. The Balaban J connectivity index is 1.21. The lowest BCUT2D eigenvalue weighted by Crippen LogP contribution is -2.37. The van der Waals surface area contributed by atoms with Crippen LogP contribution in [0.3, 0.4) is 0 Å².